The van der Waals surface area contributed by atoms with Gasteiger partial charge in [0.05, 0.1) is 106 Å². The number of carbonyl (C=O) groups excluding carboxylic acids is 11. The van der Waals surface area contributed by atoms with Crippen LogP contribution in [0.1, 0.15) is 184 Å². The molecule has 1 fully saturated rings. The van der Waals surface area contributed by atoms with Crippen molar-refractivity contribution in [1.82, 2.24) is 56.4 Å². The summed E-state index contributed by atoms with van der Waals surface area (Å²) in [6.07, 6.45) is -2.09. The van der Waals surface area contributed by atoms with E-state index in [9.17, 15) is 97.8 Å². The van der Waals surface area contributed by atoms with Crippen molar-refractivity contribution in [2.75, 3.05) is 103 Å². The Morgan fingerprint density at radius 1 is 0.775 bits per heavy atom. The number of hydrogen-bond donors (Lipinski definition) is 14. The van der Waals surface area contributed by atoms with Crippen molar-refractivity contribution in [3.8, 4) is 28.3 Å². The standard InChI is InChI=1S/C97H137N15O27S3/c1-10-18-82(122)137-55-111(93(127)84(57(5)11-2)106-91(126)74-23-16-17-33-109(74)9)75(56(3)4)44-59(7)92-104-71(53-140-92)77(117)46-62(45-61-24-26-65(114)27-25-61)43-58(6)89(124)102-50-83(123)136-41-42-141-142-54-72(94(128)129)103-90(125)64(48-81(120)121)47-76(116)69(98)30-28-66(115)29-31-80(119)110-51-63-19-12-13-20-67(63)86-85(68-21-14-15-22-73(68)110)107-108-112(86)34-36-134-38-40-135-39-37-133-35-32-101-97(132)139-88(78(118)52-113)87-60(8)70(105-96(99)100)49-79(138-87)95(130)131/h12-15,19-22,24-27,49,53,56-60,62,64,69-70,72,74-75,78,84,87-88,113-114,118H,10-11,16-18,23,28-48,50-52,54-55,98H2,1-9H3,(H,101,132)(H,102,124)(H,103,125)(H,106,126)(H,120,121)(H,128,129)(H,130,131)(H4,99,100,105)/t57?,58-,59+,60+,62+,64-,69-,70-,72-,74+,75+,78+,84-,87+,88+/m0/s1. The van der Waals surface area contributed by atoms with E-state index in [4.69, 9.17) is 55.0 Å². The number of amides is 6. The number of nitrogens with zero attached hydrogens (tertiary/aromatic N) is 7. The van der Waals surface area contributed by atoms with E-state index in [0.717, 1.165) is 57.7 Å². The molecule has 5 aromatic rings. The lowest BCUT2D eigenvalue weighted by Crippen LogP contribution is -2.59. The molecule has 0 saturated carbocycles. The molecule has 142 heavy (non-hydrogen) atoms. The number of anilines is 1. The Bertz CT molecular complexity index is 5100. The van der Waals surface area contributed by atoms with E-state index in [1.165, 1.54) is 29.5 Å². The van der Waals surface area contributed by atoms with Crippen molar-refractivity contribution < 1.29 is 131 Å². The number of nitrogens with one attached hydrogen (secondary N) is 6. The third-order valence-corrected chi connectivity index (χ3v) is 28.4. The molecule has 0 spiro atoms. The number of thiazole rings is 1. The number of hydrogen-bond acceptors (Lipinski definition) is 33. The zero-order valence-corrected chi connectivity index (χ0v) is 84.2. The number of carboxylic acids is 3. The van der Waals surface area contributed by atoms with Gasteiger partial charge in [-0.1, -0.05) is 150 Å². The fraction of sp³-hybridized carbons (Fsp3) is 0.588. The minimum Gasteiger partial charge on any atom is -0.508 e. The number of aromatic nitrogens is 4. The van der Waals surface area contributed by atoms with Gasteiger partial charge in [-0.2, -0.15) is 0 Å². The molecule has 0 bridgehead atoms. The van der Waals surface area contributed by atoms with Crippen LogP contribution in [0.5, 0.6) is 5.75 Å². The van der Waals surface area contributed by atoms with E-state index >= 15 is 0 Å². The van der Waals surface area contributed by atoms with Crippen molar-refractivity contribution in [3.05, 3.63) is 112 Å². The second-order valence-corrected chi connectivity index (χ2v) is 39.6. The summed E-state index contributed by atoms with van der Waals surface area (Å²) in [5.41, 5.74) is 16.5. The van der Waals surface area contributed by atoms with Gasteiger partial charge >= 0.3 is 35.9 Å². The maximum Gasteiger partial charge on any atom is 0.407 e. The average Bonchev–Trinajstić information content (AvgIpc) is 1.56. The van der Waals surface area contributed by atoms with Gasteiger partial charge < -0.3 is 112 Å². The fourth-order valence-electron chi connectivity index (χ4n) is 16.8. The van der Waals surface area contributed by atoms with Crippen LogP contribution in [0, 0.1) is 40.9 Å². The summed E-state index contributed by atoms with van der Waals surface area (Å²) in [5, 5.41) is 92.0. The second-order valence-electron chi connectivity index (χ2n) is 36.1. The molecule has 3 aliphatic rings. The van der Waals surface area contributed by atoms with E-state index in [1.807, 2.05) is 77.8 Å². The first-order valence-electron chi connectivity index (χ1n) is 47.9. The number of ketones is 3. The number of ether oxygens (including phenoxy) is 7. The van der Waals surface area contributed by atoms with Gasteiger partial charge in [0, 0.05) is 96.9 Å². The molecule has 780 valence electrons. The lowest BCUT2D eigenvalue weighted by Gasteiger charge is -2.39. The predicted octanol–water partition coefficient (Wildman–Crippen LogP) is 6.91. The third-order valence-electron chi connectivity index (χ3n) is 24.9. The molecule has 0 aliphatic carbocycles. The SMILES string of the molecule is CCCC(=O)OCN(C(=O)[C@@H](NC(=O)[C@H]1CCCCN1C)C(C)CC)[C@H](C[C@@H](C)c1nc(C(=O)C[C@@H](Cc2ccc(O)cc2)C[C@H](C)C(=O)NCC(=O)OCCSSC[C@H](NC(=O)[C@H](CC(=O)O)CC(=O)[C@@H](N)CCC(=O)CCC(=O)N2Cc3ccccc3-c3c(nnn3CCOCCOCCOCCNC(=O)O[C@@H]([C@@H]3OC(C(=O)O)=C[C@H](NC(=N)N)[C@H]3C)[C@H](O)CO)-c3ccccc32)C(=O)O)cs1)C(C)C. The van der Waals surface area contributed by atoms with Crippen LogP contribution in [0.15, 0.2) is 90.0 Å². The summed E-state index contributed by atoms with van der Waals surface area (Å²) in [5.74, 6) is -14.8. The van der Waals surface area contributed by atoms with Gasteiger partial charge in [-0.15, -0.1) is 16.4 Å². The molecule has 42 nitrogen and oxygen atoms in total. The summed E-state index contributed by atoms with van der Waals surface area (Å²) in [6.45, 7) is 15.1. The normalized spacial score (nSPS) is 17.4. The number of aliphatic hydroxyl groups excluding tert-OH is 2. The number of carboxylic acid groups (broad SMARTS) is 3. The molecule has 2 aromatic heterocycles. The Morgan fingerprint density at radius 2 is 1.47 bits per heavy atom. The molecule has 3 aromatic carbocycles. The van der Waals surface area contributed by atoms with Crippen LogP contribution in [0.2, 0.25) is 0 Å². The number of likely N-dealkylation sites (N-methyl/N-ethyl adjacent to an activating group) is 1. The number of para-hydroxylation sites is 1. The number of phenols is 1. The largest absolute Gasteiger partial charge is 0.508 e. The van der Waals surface area contributed by atoms with Crippen LogP contribution in [-0.2, 0) is 110 Å². The van der Waals surface area contributed by atoms with Crippen LogP contribution in [-0.4, -0.2) is 302 Å². The van der Waals surface area contributed by atoms with Crippen LogP contribution >= 0.6 is 32.9 Å². The van der Waals surface area contributed by atoms with E-state index in [2.05, 4.69) is 36.9 Å². The second kappa shape index (κ2) is 58.9. The number of Topliss-reactive ketones (excluding diaryl/α,β-unsaturated/α-hetero) is 3. The minimum absolute atomic E-state index is 0.0219. The van der Waals surface area contributed by atoms with Crippen LogP contribution in [0.4, 0.5) is 10.5 Å². The van der Waals surface area contributed by atoms with Crippen molar-refractivity contribution in [2.24, 2.45) is 47.0 Å². The Morgan fingerprint density at radius 3 is 2.14 bits per heavy atom. The van der Waals surface area contributed by atoms with E-state index in [0.29, 0.717) is 59.8 Å². The highest BCUT2D eigenvalue weighted by molar-refractivity contribution is 8.76. The molecule has 5 heterocycles. The lowest BCUT2D eigenvalue weighted by molar-refractivity contribution is -0.159. The zero-order chi connectivity index (χ0) is 104. The van der Waals surface area contributed by atoms with E-state index in [1.54, 1.807) is 70.1 Å². The number of rotatable bonds is 62. The first-order valence-corrected chi connectivity index (χ1v) is 51.2. The van der Waals surface area contributed by atoms with Crippen LogP contribution in [0.25, 0.3) is 22.5 Å². The predicted molar refractivity (Wildman–Crippen MR) is 526 cm³/mol. The van der Waals surface area contributed by atoms with Gasteiger partial charge in [-0.3, -0.25) is 63.0 Å². The quantitative estimate of drug-likeness (QED) is 0.00275. The molecule has 3 aliphatic heterocycles. The van der Waals surface area contributed by atoms with Crippen molar-refractivity contribution in [2.45, 2.75) is 232 Å². The molecular formula is C97H137N15O27S3. The fourth-order valence-corrected chi connectivity index (χ4v) is 19.6. The maximum absolute atomic E-state index is 15.0. The van der Waals surface area contributed by atoms with Gasteiger partial charge in [0.2, 0.25) is 35.3 Å². The number of fused-ring (bicyclic) bond motifs is 5. The average molecular weight is 2040 g/mol. The number of alkyl carbamates (subject to hydrolysis) is 1. The number of aliphatic hydroxyl groups is 2. The monoisotopic (exact) mass is 2040 g/mol. The number of esters is 2. The molecule has 16 N–H and O–H groups in total. The first-order chi connectivity index (χ1) is 67.8. The van der Waals surface area contributed by atoms with Crippen LogP contribution in [0.3, 0.4) is 0 Å². The van der Waals surface area contributed by atoms with Gasteiger partial charge in [-0.25, -0.2) is 24.0 Å². The summed E-state index contributed by atoms with van der Waals surface area (Å²) in [7, 11) is 3.99. The van der Waals surface area contributed by atoms with Crippen molar-refractivity contribution in [1.29, 1.82) is 5.41 Å². The first kappa shape index (κ1) is 116. The van der Waals surface area contributed by atoms with Crippen molar-refractivity contribution >= 4 is 127 Å². The maximum atomic E-state index is 15.0. The van der Waals surface area contributed by atoms with E-state index in [-0.39, 0.29) is 182 Å². The van der Waals surface area contributed by atoms with E-state index < -0.39 is 175 Å². The number of aromatic hydroxyl groups is 1. The van der Waals surface area contributed by atoms with Gasteiger partial charge in [0.15, 0.2) is 24.6 Å². The number of benzene rings is 3. The van der Waals surface area contributed by atoms with Crippen molar-refractivity contribution in [3.63, 3.8) is 0 Å². The number of piperidine rings is 1. The topological polar surface area (TPSA) is 614 Å². The summed E-state index contributed by atoms with van der Waals surface area (Å²) >= 11 is 1.30. The Kier molecular flexibility index (Phi) is 48.0. The number of guanidine groups is 1. The molecule has 8 rings (SSSR count). The Labute approximate surface area is 836 Å². The molecule has 1 saturated heterocycles. The van der Waals surface area contributed by atoms with Gasteiger partial charge in [0.25, 0.3) is 0 Å². The number of carbonyl (C=O) groups is 14. The number of phenolic OH excluding ortho intramolecular Hbond substituents is 1. The van der Waals surface area contributed by atoms with Crippen LogP contribution < -0.4 is 43.0 Å². The molecule has 6 amide bonds. The smallest absolute Gasteiger partial charge is 0.407 e. The highest BCUT2D eigenvalue weighted by atomic mass is 33.1. The molecular weight excluding hydrogens is 1900 g/mol. The highest BCUT2D eigenvalue weighted by Crippen LogP contribution is 2.42. The molecule has 1 unspecified atom stereocenters. The number of likely N-dealkylation sites (tertiary alicyclic amines) is 1. The third kappa shape index (κ3) is 36.1. The summed E-state index contributed by atoms with van der Waals surface area (Å²) in [4.78, 5) is 197. The van der Waals surface area contributed by atoms with Gasteiger partial charge in [-0.05, 0) is 112 Å². The number of nitrogens with two attached hydrogens (primary N) is 2. The van der Waals surface area contributed by atoms with Gasteiger partial charge in [0.1, 0.15) is 66.1 Å². The minimum atomic E-state index is -1.67. The highest BCUT2D eigenvalue weighted by Gasteiger charge is 2.45. The number of aliphatic carboxylic acids is 3. The summed E-state index contributed by atoms with van der Waals surface area (Å²) in [6, 6.07) is 15.5. The Balaban J connectivity index is 0.735. The molecule has 15 atom stereocenters. The lowest BCUT2D eigenvalue weighted by atomic mass is 9.85. The zero-order valence-electron chi connectivity index (χ0n) is 81.7. The summed E-state index contributed by atoms with van der Waals surface area (Å²) < 4.78 is 40.9. The molecule has 0 radical (unpaired) electrons. The molecule has 45 heteroatoms. The Hall–Kier alpha value is -11.6.